The van der Waals surface area contributed by atoms with E-state index < -0.39 is 26.5 Å². The minimum Gasteiger partial charge on any atom is -0.459 e. The van der Waals surface area contributed by atoms with Gasteiger partial charge in [0.25, 0.3) is 0 Å². The Morgan fingerprint density at radius 2 is 1.71 bits per heavy atom. The minimum absolute atomic E-state index is 0.0466. The van der Waals surface area contributed by atoms with Crippen molar-refractivity contribution in [3.63, 3.8) is 0 Å². The lowest BCUT2D eigenvalue weighted by Crippen LogP contribution is -2.59. The fourth-order valence-corrected chi connectivity index (χ4v) is 13.9. The molecule has 2 saturated carbocycles. The quantitative estimate of drug-likeness (QED) is 0.178. The van der Waals surface area contributed by atoms with Gasteiger partial charge in [-0.05, 0) is 66.0 Å². The first-order valence-corrected chi connectivity index (χ1v) is 15.9. The molecule has 0 aromatic heterocycles. The molecule has 0 unspecified atom stereocenters. The van der Waals surface area contributed by atoms with E-state index in [0.29, 0.717) is 41.1 Å². The lowest BCUT2D eigenvalue weighted by molar-refractivity contribution is -0.149. The molecule has 1 heterocycles. The van der Waals surface area contributed by atoms with Crippen LogP contribution in [-0.4, -0.2) is 49.9 Å². The Balaban J connectivity index is 1.91. The molecule has 2 N–H and O–H groups in total. The topological polar surface area (TPSA) is 76.0 Å². The number of cyclic esters (lactones) is 1. The Morgan fingerprint density at radius 1 is 1.11 bits per heavy atom. The molecule has 0 bridgehead atoms. The predicted molar refractivity (Wildman–Crippen MR) is 143 cm³/mol. The van der Waals surface area contributed by atoms with Crippen LogP contribution in [0.2, 0.25) is 16.6 Å². The van der Waals surface area contributed by atoms with Crippen molar-refractivity contribution in [2.45, 2.75) is 116 Å². The molecule has 1 saturated heterocycles. The van der Waals surface area contributed by atoms with E-state index in [1.165, 1.54) is 5.57 Å². The highest BCUT2D eigenvalue weighted by molar-refractivity contribution is 6.77. The minimum atomic E-state index is -2.07. The number of aliphatic hydroxyl groups is 2. The van der Waals surface area contributed by atoms with Crippen molar-refractivity contribution in [1.29, 1.82) is 0 Å². The molecule has 2 aliphatic carbocycles. The molecule has 0 amide bonds. The Labute approximate surface area is 214 Å². The zero-order valence-electron chi connectivity index (χ0n) is 23.4. The second-order valence-electron chi connectivity index (χ2n) is 13.0. The maximum Gasteiger partial charge on any atom is 0.336 e. The van der Waals surface area contributed by atoms with Crippen LogP contribution in [0.15, 0.2) is 23.8 Å². The van der Waals surface area contributed by atoms with Crippen molar-refractivity contribution < 1.29 is 24.2 Å². The van der Waals surface area contributed by atoms with E-state index in [9.17, 15) is 15.0 Å². The Bertz CT molecular complexity index is 811. The van der Waals surface area contributed by atoms with Gasteiger partial charge in [0.05, 0.1) is 11.7 Å². The fraction of sp³-hybridized carbons (Fsp3) is 0.828. The molecule has 3 rings (SSSR count). The van der Waals surface area contributed by atoms with Gasteiger partial charge in [0.15, 0.2) is 8.32 Å². The summed E-state index contributed by atoms with van der Waals surface area (Å²) in [5, 5.41) is 21.6. The van der Waals surface area contributed by atoms with E-state index in [1.807, 2.05) is 6.08 Å². The van der Waals surface area contributed by atoms with Gasteiger partial charge in [-0.15, -0.1) is 0 Å². The van der Waals surface area contributed by atoms with Gasteiger partial charge in [-0.25, -0.2) is 4.79 Å². The molecule has 0 spiro atoms. The zero-order chi connectivity index (χ0) is 26.3. The SMILES string of the molecule is C=C1CC[C@@H]2[C@](C)(CO[Si](C(C)C)(C(C)C)C(C)C)[C@H](O)CC[C@@]2(C)[C@@H]1C/C=C1/C(=O)OC[C@H]1O. The summed E-state index contributed by atoms with van der Waals surface area (Å²) < 4.78 is 12.1. The van der Waals surface area contributed by atoms with E-state index >= 15 is 0 Å². The molecular weight excluding hydrogens is 456 g/mol. The van der Waals surface area contributed by atoms with E-state index in [4.69, 9.17) is 9.16 Å². The van der Waals surface area contributed by atoms with Crippen LogP contribution in [0.3, 0.4) is 0 Å². The Hall–Kier alpha value is -0.953. The summed E-state index contributed by atoms with van der Waals surface area (Å²) in [4.78, 5) is 12.1. The first-order valence-electron chi connectivity index (χ1n) is 13.8. The molecular formula is C29H50O5Si. The number of fused-ring (bicyclic) bond motifs is 1. The van der Waals surface area contributed by atoms with Crippen LogP contribution in [0.4, 0.5) is 0 Å². The Kier molecular flexibility index (Phi) is 8.53. The van der Waals surface area contributed by atoms with E-state index in [1.54, 1.807) is 0 Å². The van der Waals surface area contributed by atoms with Crippen LogP contribution in [0, 0.1) is 22.7 Å². The number of ether oxygens (including phenoxy) is 1. The van der Waals surface area contributed by atoms with Gasteiger partial charge in [-0.1, -0.05) is 73.6 Å². The first kappa shape index (κ1) is 28.6. The second-order valence-corrected chi connectivity index (χ2v) is 18.4. The second kappa shape index (κ2) is 10.4. The van der Waals surface area contributed by atoms with Crippen LogP contribution in [0.1, 0.15) is 87.5 Å². The number of aliphatic hydroxyl groups excluding tert-OH is 2. The van der Waals surface area contributed by atoms with Gasteiger partial charge in [-0.2, -0.15) is 0 Å². The van der Waals surface area contributed by atoms with Crippen molar-refractivity contribution >= 4 is 14.3 Å². The number of carbonyl (C=O) groups excluding carboxylic acids is 1. The summed E-state index contributed by atoms with van der Waals surface area (Å²) >= 11 is 0. The standard InChI is InChI=1S/C29H50O5Si/c1-18(2)35(19(3)4,20(5)6)34-17-29(9)25-13-10-21(7)23(28(25,8)15-14-26(29)31)12-11-22-24(30)16-33-27(22)32/h11,18-20,23-26,30-31H,7,10,12-17H2,1-6,8-9H3/b22-11+/t23-,24-,25+,26-,28+,29+/m1/s1. The summed E-state index contributed by atoms with van der Waals surface area (Å²) in [7, 11) is -2.07. The van der Waals surface area contributed by atoms with Crippen molar-refractivity contribution in [3.8, 4) is 0 Å². The number of carbonyl (C=O) groups is 1. The molecule has 0 radical (unpaired) electrons. The van der Waals surface area contributed by atoms with Crippen LogP contribution in [0.5, 0.6) is 0 Å². The van der Waals surface area contributed by atoms with Crippen molar-refractivity contribution in [2.75, 3.05) is 13.2 Å². The number of rotatable bonds is 8. The molecule has 200 valence electrons. The largest absolute Gasteiger partial charge is 0.459 e. The normalized spacial score (nSPS) is 37.5. The lowest BCUT2D eigenvalue weighted by Gasteiger charge is -2.61. The average molecular weight is 507 g/mol. The first-order chi connectivity index (χ1) is 16.2. The molecule has 6 atom stereocenters. The summed E-state index contributed by atoms with van der Waals surface area (Å²) in [6.45, 7) is 23.6. The van der Waals surface area contributed by atoms with E-state index in [0.717, 1.165) is 25.7 Å². The van der Waals surface area contributed by atoms with Crippen LogP contribution in [0.25, 0.3) is 0 Å². The van der Waals surface area contributed by atoms with Gasteiger partial charge >= 0.3 is 5.97 Å². The van der Waals surface area contributed by atoms with Gasteiger partial charge in [0.2, 0.25) is 0 Å². The van der Waals surface area contributed by atoms with Gasteiger partial charge in [0.1, 0.15) is 12.7 Å². The summed E-state index contributed by atoms with van der Waals surface area (Å²) in [5.74, 6) is 0.0880. The third-order valence-electron chi connectivity index (χ3n) is 10.2. The number of hydrogen-bond acceptors (Lipinski definition) is 5. The van der Waals surface area contributed by atoms with Crippen molar-refractivity contribution in [3.05, 3.63) is 23.8 Å². The maximum atomic E-state index is 12.1. The molecule has 35 heavy (non-hydrogen) atoms. The third-order valence-corrected chi connectivity index (χ3v) is 16.3. The fourth-order valence-electron chi connectivity index (χ4n) is 8.33. The summed E-state index contributed by atoms with van der Waals surface area (Å²) in [6, 6.07) is 0. The molecule has 3 fully saturated rings. The van der Waals surface area contributed by atoms with Crippen LogP contribution >= 0.6 is 0 Å². The molecule has 3 aliphatic rings. The smallest absolute Gasteiger partial charge is 0.336 e. The highest BCUT2D eigenvalue weighted by Crippen LogP contribution is 2.62. The van der Waals surface area contributed by atoms with E-state index in [-0.39, 0.29) is 23.4 Å². The number of allylic oxidation sites excluding steroid dienone is 2. The van der Waals surface area contributed by atoms with Gasteiger partial charge in [-0.3, -0.25) is 0 Å². The van der Waals surface area contributed by atoms with E-state index in [2.05, 4.69) is 62.0 Å². The zero-order valence-corrected chi connectivity index (χ0v) is 24.4. The van der Waals surface area contributed by atoms with Gasteiger partial charge in [0, 0.05) is 12.0 Å². The van der Waals surface area contributed by atoms with Gasteiger partial charge < -0.3 is 19.4 Å². The summed E-state index contributed by atoms with van der Waals surface area (Å²) in [5.41, 5.74) is 2.73. The maximum absolute atomic E-state index is 12.1. The van der Waals surface area contributed by atoms with Crippen LogP contribution in [-0.2, 0) is 14.0 Å². The number of esters is 1. The highest BCUT2D eigenvalue weighted by Gasteiger charge is 2.59. The van der Waals surface area contributed by atoms with Crippen molar-refractivity contribution in [1.82, 2.24) is 0 Å². The lowest BCUT2D eigenvalue weighted by atomic mass is 9.46. The predicted octanol–water partition coefficient (Wildman–Crippen LogP) is 6.16. The van der Waals surface area contributed by atoms with Crippen LogP contribution < -0.4 is 0 Å². The van der Waals surface area contributed by atoms with Crippen molar-refractivity contribution in [2.24, 2.45) is 22.7 Å². The Morgan fingerprint density at radius 3 is 2.23 bits per heavy atom. The molecule has 6 heteroatoms. The third kappa shape index (κ3) is 4.85. The summed E-state index contributed by atoms with van der Waals surface area (Å²) in [6.07, 6.45) is 4.92. The molecule has 0 aromatic rings. The molecule has 5 nitrogen and oxygen atoms in total. The number of hydrogen-bond donors (Lipinski definition) is 2. The molecule has 1 aliphatic heterocycles. The highest BCUT2D eigenvalue weighted by atomic mass is 28.4. The molecule has 0 aromatic carbocycles. The monoisotopic (exact) mass is 506 g/mol. The average Bonchev–Trinajstić information content (AvgIpc) is 3.08.